The van der Waals surface area contributed by atoms with Crippen LogP contribution in [-0.2, 0) is 6.42 Å². The van der Waals surface area contributed by atoms with Crippen molar-refractivity contribution >= 4 is 24.8 Å². The third kappa shape index (κ3) is 5.38. The van der Waals surface area contributed by atoms with E-state index in [2.05, 4.69) is 17.6 Å². The Bertz CT molecular complexity index is 180. The summed E-state index contributed by atoms with van der Waals surface area (Å²) in [6.45, 7) is 0.837. The first-order chi connectivity index (χ1) is 4.93. The van der Waals surface area contributed by atoms with Crippen molar-refractivity contribution in [2.45, 2.75) is 6.42 Å². The summed E-state index contributed by atoms with van der Waals surface area (Å²) in [4.78, 5) is 0. The molecule has 1 aromatic rings. The van der Waals surface area contributed by atoms with Crippen molar-refractivity contribution in [1.82, 2.24) is 5.43 Å². The van der Waals surface area contributed by atoms with Crippen LogP contribution in [-0.4, -0.2) is 6.54 Å². The molecule has 0 heterocycles. The van der Waals surface area contributed by atoms with Gasteiger partial charge in [-0.2, -0.15) is 0 Å². The van der Waals surface area contributed by atoms with Crippen LogP contribution in [0.15, 0.2) is 30.3 Å². The highest BCUT2D eigenvalue weighted by atomic mass is 35.5. The first-order valence-electron chi connectivity index (χ1n) is 3.41. The molecule has 0 aromatic heterocycles. The Balaban J connectivity index is 0. The van der Waals surface area contributed by atoms with Gasteiger partial charge in [0.15, 0.2) is 0 Å². The molecule has 0 saturated heterocycles. The van der Waals surface area contributed by atoms with Gasteiger partial charge in [-0.3, -0.25) is 11.3 Å². The Hall–Kier alpha value is -0.280. The quantitative estimate of drug-likeness (QED) is 0.585. The highest BCUT2D eigenvalue weighted by Gasteiger charge is 1.86. The summed E-state index contributed by atoms with van der Waals surface area (Å²) in [5, 5.41) is 0. The monoisotopic (exact) mass is 208 g/mol. The fourth-order valence-electron chi connectivity index (χ4n) is 0.861. The van der Waals surface area contributed by atoms with Crippen molar-refractivity contribution in [3.8, 4) is 0 Å². The highest BCUT2D eigenvalue weighted by Crippen LogP contribution is 1.97. The molecular weight excluding hydrogens is 195 g/mol. The van der Waals surface area contributed by atoms with E-state index in [0.717, 1.165) is 13.0 Å². The van der Waals surface area contributed by atoms with Crippen LogP contribution in [0.5, 0.6) is 0 Å². The maximum Gasteiger partial charge on any atom is 0.0138 e. The maximum atomic E-state index is 5.13. The second kappa shape index (κ2) is 8.81. The smallest absolute Gasteiger partial charge is 0.0138 e. The van der Waals surface area contributed by atoms with Gasteiger partial charge in [-0.15, -0.1) is 24.8 Å². The molecule has 0 aliphatic carbocycles. The Kier molecular flexibility index (Phi) is 10.5. The van der Waals surface area contributed by atoms with E-state index in [4.69, 9.17) is 5.84 Å². The minimum absolute atomic E-state index is 0. The lowest BCUT2D eigenvalue weighted by atomic mass is 10.2. The normalized spacial score (nSPS) is 8.08. The van der Waals surface area contributed by atoms with Crippen LogP contribution in [0.3, 0.4) is 0 Å². The van der Waals surface area contributed by atoms with E-state index in [1.807, 2.05) is 18.2 Å². The molecule has 0 amide bonds. The molecule has 0 aliphatic heterocycles. The molecule has 12 heavy (non-hydrogen) atoms. The van der Waals surface area contributed by atoms with E-state index < -0.39 is 0 Å². The summed E-state index contributed by atoms with van der Waals surface area (Å²) in [5.74, 6) is 5.13. The molecule has 0 unspecified atom stereocenters. The van der Waals surface area contributed by atoms with Crippen LogP contribution in [0.4, 0.5) is 0 Å². The molecule has 2 nitrogen and oxygen atoms in total. The molecule has 0 aliphatic rings. The molecule has 0 atom stereocenters. The van der Waals surface area contributed by atoms with Gasteiger partial charge in [-0.05, 0) is 12.0 Å². The Morgan fingerprint density at radius 2 is 1.67 bits per heavy atom. The molecule has 0 saturated carbocycles. The van der Waals surface area contributed by atoms with Crippen molar-refractivity contribution in [2.24, 2.45) is 5.84 Å². The van der Waals surface area contributed by atoms with Gasteiger partial charge in [0.25, 0.3) is 0 Å². The summed E-state index contributed by atoms with van der Waals surface area (Å²) < 4.78 is 0. The number of rotatable bonds is 3. The van der Waals surface area contributed by atoms with E-state index in [1.165, 1.54) is 5.56 Å². The number of hydrogen-bond acceptors (Lipinski definition) is 2. The lowest BCUT2D eigenvalue weighted by Crippen LogP contribution is -2.24. The zero-order chi connectivity index (χ0) is 7.23. The summed E-state index contributed by atoms with van der Waals surface area (Å²) in [5.41, 5.74) is 3.94. The SMILES string of the molecule is Cl.Cl.NNCCc1ccccc1. The minimum Gasteiger partial charge on any atom is -0.271 e. The predicted molar refractivity (Wildman–Crippen MR) is 56.8 cm³/mol. The van der Waals surface area contributed by atoms with Gasteiger partial charge in [-0.25, -0.2) is 0 Å². The molecule has 0 spiro atoms. The fourth-order valence-corrected chi connectivity index (χ4v) is 0.861. The number of nitrogens with two attached hydrogens (primary N) is 1. The number of benzene rings is 1. The lowest BCUT2D eigenvalue weighted by Gasteiger charge is -1.97. The molecule has 3 N–H and O–H groups in total. The number of halogens is 2. The molecular formula is C8H14Cl2N2. The highest BCUT2D eigenvalue weighted by molar-refractivity contribution is 5.85. The fraction of sp³-hybridized carbons (Fsp3) is 0.250. The summed E-state index contributed by atoms with van der Waals surface area (Å²) >= 11 is 0. The average Bonchev–Trinajstić information content (AvgIpc) is 2.03. The van der Waals surface area contributed by atoms with Gasteiger partial charge in [0.2, 0.25) is 0 Å². The largest absolute Gasteiger partial charge is 0.271 e. The summed E-state index contributed by atoms with van der Waals surface area (Å²) in [6.07, 6.45) is 0.997. The molecule has 70 valence electrons. The van der Waals surface area contributed by atoms with Gasteiger partial charge in [0.1, 0.15) is 0 Å². The van der Waals surface area contributed by atoms with Crippen molar-refractivity contribution in [2.75, 3.05) is 6.54 Å². The third-order valence-corrected chi connectivity index (χ3v) is 1.40. The molecule has 0 fully saturated rings. The van der Waals surface area contributed by atoms with E-state index >= 15 is 0 Å². The molecule has 1 rings (SSSR count). The molecule has 1 aromatic carbocycles. The van der Waals surface area contributed by atoms with E-state index in [1.54, 1.807) is 0 Å². The van der Waals surface area contributed by atoms with Crippen molar-refractivity contribution in [3.63, 3.8) is 0 Å². The van der Waals surface area contributed by atoms with Crippen LogP contribution in [0, 0.1) is 0 Å². The average molecular weight is 209 g/mol. The van der Waals surface area contributed by atoms with E-state index in [9.17, 15) is 0 Å². The van der Waals surface area contributed by atoms with Gasteiger partial charge in [0, 0.05) is 6.54 Å². The van der Waals surface area contributed by atoms with Crippen LogP contribution >= 0.6 is 24.8 Å². The molecule has 0 radical (unpaired) electrons. The van der Waals surface area contributed by atoms with Crippen molar-refractivity contribution in [1.29, 1.82) is 0 Å². The first-order valence-corrected chi connectivity index (χ1v) is 3.41. The van der Waals surface area contributed by atoms with Crippen molar-refractivity contribution in [3.05, 3.63) is 35.9 Å². The van der Waals surface area contributed by atoms with Crippen LogP contribution < -0.4 is 11.3 Å². The predicted octanol–water partition coefficient (Wildman–Crippen LogP) is 1.54. The standard InChI is InChI=1S/C8H12N2.2ClH/c9-10-7-6-8-4-2-1-3-5-8;;/h1-5,10H,6-7,9H2;2*1H. The summed E-state index contributed by atoms with van der Waals surface area (Å²) in [6, 6.07) is 10.3. The third-order valence-electron chi connectivity index (χ3n) is 1.40. The molecule has 4 heteroatoms. The summed E-state index contributed by atoms with van der Waals surface area (Å²) in [7, 11) is 0. The number of hydrogen-bond donors (Lipinski definition) is 2. The van der Waals surface area contributed by atoms with Crippen LogP contribution in [0.1, 0.15) is 5.56 Å². The van der Waals surface area contributed by atoms with Gasteiger partial charge >= 0.3 is 0 Å². The van der Waals surface area contributed by atoms with E-state index in [-0.39, 0.29) is 24.8 Å². The van der Waals surface area contributed by atoms with E-state index in [0.29, 0.717) is 0 Å². The van der Waals surface area contributed by atoms with Gasteiger partial charge in [0.05, 0.1) is 0 Å². The maximum absolute atomic E-state index is 5.13. The Morgan fingerprint density at radius 3 is 2.17 bits per heavy atom. The second-order valence-electron chi connectivity index (χ2n) is 2.19. The lowest BCUT2D eigenvalue weighted by molar-refractivity contribution is 0.728. The van der Waals surface area contributed by atoms with Crippen LogP contribution in [0.25, 0.3) is 0 Å². The first kappa shape index (κ1) is 14.3. The van der Waals surface area contributed by atoms with Gasteiger partial charge < -0.3 is 0 Å². The topological polar surface area (TPSA) is 38.0 Å². The minimum atomic E-state index is 0. The Labute approximate surface area is 85.3 Å². The zero-order valence-corrected chi connectivity index (χ0v) is 8.33. The second-order valence-corrected chi connectivity index (χ2v) is 2.19. The van der Waals surface area contributed by atoms with Crippen LogP contribution in [0.2, 0.25) is 0 Å². The Morgan fingerprint density at radius 1 is 1.08 bits per heavy atom. The number of hydrazine groups is 1. The van der Waals surface area contributed by atoms with Gasteiger partial charge in [-0.1, -0.05) is 30.3 Å². The molecule has 0 bridgehead atoms. The van der Waals surface area contributed by atoms with Crippen molar-refractivity contribution < 1.29 is 0 Å². The zero-order valence-electron chi connectivity index (χ0n) is 6.69. The number of nitrogens with one attached hydrogen (secondary N) is 1.